The van der Waals surface area contributed by atoms with Gasteiger partial charge in [0.2, 0.25) is 0 Å². The van der Waals surface area contributed by atoms with Crippen molar-refractivity contribution >= 4 is 33.7 Å². The van der Waals surface area contributed by atoms with Crippen LogP contribution in [0.3, 0.4) is 0 Å². The van der Waals surface area contributed by atoms with E-state index in [2.05, 4.69) is 15.9 Å². The Hall–Kier alpha value is -2.47. The van der Waals surface area contributed by atoms with E-state index in [0.29, 0.717) is 5.56 Å². The highest BCUT2D eigenvalue weighted by Crippen LogP contribution is 2.40. The van der Waals surface area contributed by atoms with E-state index in [0.717, 1.165) is 15.6 Å². The second kappa shape index (κ2) is 9.15. The third-order valence-corrected chi connectivity index (χ3v) is 5.94. The van der Waals surface area contributed by atoms with Crippen molar-refractivity contribution in [2.24, 2.45) is 11.3 Å². The molecule has 2 aromatic rings. The average Bonchev–Trinajstić information content (AvgIpc) is 2.67. The Balaban J connectivity index is 2.27. The first-order chi connectivity index (χ1) is 13.2. The van der Waals surface area contributed by atoms with Crippen LogP contribution in [0.4, 0.5) is 0 Å². The van der Waals surface area contributed by atoms with Crippen LogP contribution in [0, 0.1) is 11.3 Å². The van der Waals surface area contributed by atoms with Crippen LogP contribution in [0.5, 0.6) is 0 Å². The predicted octanol–water partition coefficient (Wildman–Crippen LogP) is 5.28. The molecule has 0 radical (unpaired) electrons. The smallest absolute Gasteiger partial charge is 0.318 e. The fraction of sp³-hybridized carbons (Fsp3) is 0.318. The lowest BCUT2D eigenvalue weighted by atomic mass is 9.67. The summed E-state index contributed by atoms with van der Waals surface area (Å²) < 4.78 is 0.977. The molecular formula is C22H23BrO5. The molecule has 0 fully saturated rings. The van der Waals surface area contributed by atoms with Gasteiger partial charge in [-0.15, -0.1) is 0 Å². The van der Waals surface area contributed by atoms with Gasteiger partial charge in [0.25, 0.3) is 0 Å². The summed E-state index contributed by atoms with van der Waals surface area (Å²) in [7, 11) is 0. The molecule has 2 aromatic carbocycles. The summed E-state index contributed by atoms with van der Waals surface area (Å²) in [5.41, 5.74) is 1.28. The summed E-state index contributed by atoms with van der Waals surface area (Å²) in [5, 5.41) is 18.8. The van der Waals surface area contributed by atoms with Crippen molar-refractivity contribution in [2.75, 3.05) is 0 Å². The molecule has 0 aliphatic heterocycles. The zero-order valence-corrected chi connectivity index (χ0v) is 17.4. The largest absolute Gasteiger partial charge is 0.481 e. The maximum absolute atomic E-state index is 12.8. The predicted molar refractivity (Wildman–Crippen MR) is 110 cm³/mol. The van der Waals surface area contributed by atoms with Gasteiger partial charge in [-0.3, -0.25) is 14.4 Å². The van der Waals surface area contributed by atoms with E-state index in [-0.39, 0.29) is 25.0 Å². The van der Waals surface area contributed by atoms with Crippen molar-refractivity contribution in [3.05, 3.63) is 58.6 Å². The maximum atomic E-state index is 12.8. The summed E-state index contributed by atoms with van der Waals surface area (Å²) in [5.74, 6) is -4.68. The number of hydrogen-bond donors (Lipinski definition) is 2. The molecule has 2 rings (SSSR count). The molecule has 0 aromatic heterocycles. The number of Topliss-reactive ketones (excluding diaryl/α,β-unsaturated/α-hetero) is 1. The van der Waals surface area contributed by atoms with E-state index in [1.165, 1.54) is 0 Å². The first-order valence-electron chi connectivity index (χ1n) is 9.09. The maximum Gasteiger partial charge on any atom is 0.318 e. The van der Waals surface area contributed by atoms with E-state index in [1.807, 2.05) is 36.4 Å². The van der Waals surface area contributed by atoms with Gasteiger partial charge in [-0.25, -0.2) is 0 Å². The number of benzene rings is 2. The van der Waals surface area contributed by atoms with Crippen LogP contribution in [0.2, 0.25) is 0 Å². The number of halogens is 1. The molecule has 0 unspecified atom stereocenters. The molecule has 0 saturated heterocycles. The zero-order valence-electron chi connectivity index (χ0n) is 15.8. The number of carbonyl (C=O) groups excluding carboxylic acids is 1. The van der Waals surface area contributed by atoms with Gasteiger partial charge in [0, 0.05) is 21.9 Å². The van der Waals surface area contributed by atoms with Crippen LogP contribution < -0.4 is 0 Å². The first-order valence-corrected chi connectivity index (χ1v) is 9.88. The minimum absolute atomic E-state index is 0.124. The SMILES string of the molecule is CCC(CC)(CC(=O)c1ccc(-c2ccc(Br)cc2)cc1)C(C(=O)O)C(=O)O. The molecule has 0 heterocycles. The van der Waals surface area contributed by atoms with Crippen LogP contribution in [0.25, 0.3) is 11.1 Å². The van der Waals surface area contributed by atoms with Crippen molar-refractivity contribution in [1.29, 1.82) is 0 Å². The van der Waals surface area contributed by atoms with E-state index in [9.17, 15) is 24.6 Å². The molecule has 0 aliphatic carbocycles. The van der Waals surface area contributed by atoms with Crippen LogP contribution in [0.1, 0.15) is 43.5 Å². The van der Waals surface area contributed by atoms with Crippen molar-refractivity contribution in [3.8, 4) is 11.1 Å². The van der Waals surface area contributed by atoms with Crippen LogP contribution >= 0.6 is 15.9 Å². The van der Waals surface area contributed by atoms with Crippen molar-refractivity contribution in [3.63, 3.8) is 0 Å². The fourth-order valence-electron chi connectivity index (χ4n) is 3.55. The summed E-state index contributed by atoms with van der Waals surface area (Å²) in [6.07, 6.45) is 0.450. The van der Waals surface area contributed by atoms with Gasteiger partial charge < -0.3 is 10.2 Å². The molecule has 5 nitrogen and oxygen atoms in total. The standard InChI is InChI=1S/C22H23BrO5/c1-3-22(4-2,19(20(25)26)21(27)28)13-18(24)16-7-5-14(6-8-16)15-9-11-17(23)12-10-15/h5-12,19H,3-4,13H2,1-2H3,(H,25,26)(H,27,28). The molecule has 6 heteroatoms. The molecule has 0 spiro atoms. The molecular weight excluding hydrogens is 424 g/mol. The number of hydrogen-bond acceptors (Lipinski definition) is 3. The second-order valence-corrected chi connectivity index (χ2v) is 7.78. The van der Waals surface area contributed by atoms with Gasteiger partial charge in [-0.2, -0.15) is 0 Å². The minimum Gasteiger partial charge on any atom is -0.481 e. The lowest BCUT2D eigenvalue weighted by molar-refractivity contribution is -0.161. The molecule has 0 bridgehead atoms. The van der Waals surface area contributed by atoms with E-state index in [4.69, 9.17) is 0 Å². The number of rotatable bonds is 9. The Labute approximate surface area is 172 Å². The van der Waals surface area contributed by atoms with Crippen molar-refractivity contribution in [1.82, 2.24) is 0 Å². The van der Waals surface area contributed by atoms with Gasteiger partial charge in [0.1, 0.15) is 0 Å². The Morgan fingerprint density at radius 2 is 1.29 bits per heavy atom. The van der Waals surface area contributed by atoms with Crippen LogP contribution in [-0.2, 0) is 9.59 Å². The summed E-state index contributed by atoms with van der Waals surface area (Å²) >= 11 is 3.39. The quantitative estimate of drug-likeness (QED) is 0.403. The first kappa shape index (κ1) is 21.8. The molecule has 0 atom stereocenters. The Bertz CT molecular complexity index is 838. The number of carboxylic acid groups (broad SMARTS) is 2. The zero-order chi connectivity index (χ0) is 20.9. The summed E-state index contributed by atoms with van der Waals surface area (Å²) in [6.45, 7) is 3.46. The number of carboxylic acids is 2. The number of ketones is 1. The highest BCUT2D eigenvalue weighted by atomic mass is 79.9. The minimum atomic E-state index is -1.62. The van der Waals surface area contributed by atoms with E-state index in [1.54, 1.807) is 26.0 Å². The normalized spacial score (nSPS) is 11.4. The molecule has 0 amide bonds. The van der Waals surface area contributed by atoms with E-state index < -0.39 is 23.3 Å². The van der Waals surface area contributed by atoms with Gasteiger partial charge in [0.05, 0.1) is 0 Å². The lowest BCUT2D eigenvalue weighted by Gasteiger charge is -2.34. The molecule has 28 heavy (non-hydrogen) atoms. The molecule has 0 aliphatic rings. The van der Waals surface area contributed by atoms with Crippen molar-refractivity contribution in [2.45, 2.75) is 33.1 Å². The topological polar surface area (TPSA) is 91.7 Å². The Morgan fingerprint density at radius 1 is 0.857 bits per heavy atom. The second-order valence-electron chi connectivity index (χ2n) is 6.86. The summed E-state index contributed by atoms with van der Waals surface area (Å²) in [6, 6.07) is 14.9. The molecule has 0 saturated carbocycles. The Morgan fingerprint density at radius 3 is 1.68 bits per heavy atom. The number of aliphatic carboxylic acids is 2. The third kappa shape index (κ3) is 4.68. The monoisotopic (exact) mass is 446 g/mol. The van der Waals surface area contributed by atoms with Gasteiger partial charge in [-0.05, 0) is 36.1 Å². The van der Waals surface area contributed by atoms with Gasteiger partial charge in [-0.1, -0.05) is 66.2 Å². The van der Waals surface area contributed by atoms with Gasteiger partial charge in [0.15, 0.2) is 11.7 Å². The molecule has 148 valence electrons. The van der Waals surface area contributed by atoms with Crippen LogP contribution in [0.15, 0.2) is 53.0 Å². The highest BCUT2D eigenvalue weighted by molar-refractivity contribution is 9.10. The van der Waals surface area contributed by atoms with E-state index >= 15 is 0 Å². The van der Waals surface area contributed by atoms with Crippen molar-refractivity contribution < 1.29 is 24.6 Å². The summed E-state index contributed by atoms with van der Waals surface area (Å²) in [4.78, 5) is 35.9. The number of carbonyl (C=O) groups is 3. The highest BCUT2D eigenvalue weighted by Gasteiger charge is 2.46. The third-order valence-electron chi connectivity index (χ3n) is 5.41. The fourth-order valence-corrected chi connectivity index (χ4v) is 3.82. The average molecular weight is 447 g/mol. The molecule has 2 N–H and O–H groups in total. The van der Waals surface area contributed by atoms with Gasteiger partial charge >= 0.3 is 11.9 Å². The Kier molecular flexibility index (Phi) is 7.13. The van der Waals surface area contributed by atoms with Crippen LogP contribution in [-0.4, -0.2) is 27.9 Å². The lowest BCUT2D eigenvalue weighted by Crippen LogP contribution is -2.42.